The van der Waals surface area contributed by atoms with Gasteiger partial charge in [-0.15, -0.1) is 0 Å². The maximum atomic E-state index is 11.7. The van der Waals surface area contributed by atoms with Crippen molar-refractivity contribution in [2.45, 2.75) is 102 Å². The van der Waals surface area contributed by atoms with Crippen molar-refractivity contribution in [1.29, 1.82) is 0 Å². The Hall–Kier alpha value is -1.69. The van der Waals surface area contributed by atoms with E-state index in [-0.39, 0.29) is 17.8 Å². The Morgan fingerprint density at radius 2 is 1.82 bits per heavy atom. The van der Waals surface area contributed by atoms with Crippen molar-refractivity contribution >= 4 is 5.97 Å². The van der Waals surface area contributed by atoms with Crippen molar-refractivity contribution in [3.63, 3.8) is 0 Å². The van der Waals surface area contributed by atoms with Crippen LogP contribution in [0.25, 0.3) is 0 Å². The quantitative estimate of drug-likeness (QED) is 0.184. The van der Waals surface area contributed by atoms with Crippen molar-refractivity contribution in [2.24, 2.45) is 11.8 Å². The highest BCUT2D eigenvalue weighted by molar-refractivity contribution is 5.69. The van der Waals surface area contributed by atoms with E-state index >= 15 is 0 Å². The average Bonchev–Trinajstić information content (AvgIpc) is 3.08. The van der Waals surface area contributed by atoms with Gasteiger partial charge in [0.2, 0.25) is 0 Å². The van der Waals surface area contributed by atoms with Crippen LogP contribution in [0, 0.1) is 11.8 Å². The molecule has 0 spiro atoms. The number of ether oxygens (including phenoxy) is 1. The van der Waals surface area contributed by atoms with Gasteiger partial charge in [0.1, 0.15) is 0 Å². The number of rotatable bonds is 16. The molecule has 0 bridgehead atoms. The monoisotopic (exact) mass is 460 g/mol. The Morgan fingerprint density at radius 1 is 1.06 bits per heavy atom. The molecule has 0 unspecified atom stereocenters. The summed E-state index contributed by atoms with van der Waals surface area (Å²) < 4.78 is 5.22. The third-order valence-corrected chi connectivity index (χ3v) is 6.80. The van der Waals surface area contributed by atoms with Crippen LogP contribution in [0.4, 0.5) is 0 Å². The van der Waals surface area contributed by atoms with E-state index in [4.69, 9.17) is 4.74 Å². The minimum atomic E-state index is -0.512. The van der Waals surface area contributed by atoms with Crippen molar-refractivity contribution in [3.8, 4) is 0 Å². The van der Waals surface area contributed by atoms with Crippen molar-refractivity contribution in [1.82, 2.24) is 0 Å². The minimum absolute atomic E-state index is 0.00845. The number of unbranched alkanes of at least 4 members (excludes halogenated alkanes) is 3. The van der Waals surface area contributed by atoms with Gasteiger partial charge in [-0.05, 0) is 75.2 Å². The molecule has 5 nitrogen and oxygen atoms in total. The van der Waals surface area contributed by atoms with Crippen LogP contribution in [-0.4, -0.2) is 46.2 Å². The van der Waals surface area contributed by atoms with Gasteiger partial charge in [-0.1, -0.05) is 62.2 Å². The Morgan fingerprint density at radius 3 is 2.58 bits per heavy atom. The van der Waals surface area contributed by atoms with E-state index in [9.17, 15) is 20.1 Å². The predicted octanol–water partition coefficient (Wildman–Crippen LogP) is 4.97. The molecule has 0 saturated heterocycles. The van der Waals surface area contributed by atoms with Crippen LogP contribution in [-0.2, 0) is 16.0 Å². The third kappa shape index (κ3) is 10.9. The standard InChI is InChI=1S/C28H44O5/c1-2-3-11-20-33-28(32)15-10-5-4-9-14-24-25(27(31)21-26(24)30)19-18-23(29)17-16-22-12-7-6-8-13-22/h4,6-9,12-13,23-27,29-31H,2-3,5,10-11,14-21H2,1H3/b9-4-/t23-,24+,25+,26-,27+/m0/s1. The molecule has 0 heterocycles. The first-order valence-corrected chi connectivity index (χ1v) is 12.9. The normalized spacial score (nSPS) is 23.8. The van der Waals surface area contributed by atoms with Gasteiger partial charge in [-0.2, -0.15) is 0 Å². The van der Waals surface area contributed by atoms with Crippen LogP contribution in [0.2, 0.25) is 0 Å². The highest BCUT2D eigenvalue weighted by Gasteiger charge is 2.40. The second-order valence-corrected chi connectivity index (χ2v) is 9.48. The van der Waals surface area contributed by atoms with Gasteiger partial charge < -0.3 is 20.1 Å². The van der Waals surface area contributed by atoms with Gasteiger partial charge in [0.15, 0.2) is 0 Å². The van der Waals surface area contributed by atoms with Gasteiger partial charge in [-0.3, -0.25) is 4.79 Å². The summed E-state index contributed by atoms with van der Waals surface area (Å²) >= 11 is 0. The largest absolute Gasteiger partial charge is 0.466 e. The number of carbonyl (C=O) groups excluding carboxylic acids is 1. The Bertz CT molecular complexity index is 674. The molecule has 186 valence electrons. The molecule has 33 heavy (non-hydrogen) atoms. The summed E-state index contributed by atoms with van der Waals surface area (Å²) in [5.41, 5.74) is 1.22. The maximum Gasteiger partial charge on any atom is 0.305 e. The number of hydrogen-bond donors (Lipinski definition) is 3. The van der Waals surface area contributed by atoms with E-state index in [1.54, 1.807) is 0 Å². The van der Waals surface area contributed by atoms with Gasteiger partial charge in [-0.25, -0.2) is 0 Å². The molecule has 0 amide bonds. The van der Waals surface area contributed by atoms with Crippen LogP contribution in [0.5, 0.6) is 0 Å². The number of aliphatic hydroxyl groups is 3. The lowest BCUT2D eigenvalue weighted by molar-refractivity contribution is -0.143. The molecule has 1 saturated carbocycles. The summed E-state index contributed by atoms with van der Waals surface area (Å²) in [4.78, 5) is 11.7. The van der Waals surface area contributed by atoms with Gasteiger partial charge in [0.25, 0.3) is 0 Å². The van der Waals surface area contributed by atoms with Gasteiger partial charge in [0, 0.05) is 6.42 Å². The summed E-state index contributed by atoms with van der Waals surface area (Å²) in [6, 6.07) is 10.2. The number of carbonyl (C=O) groups is 1. The molecule has 3 N–H and O–H groups in total. The van der Waals surface area contributed by atoms with E-state index < -0.39 is 18.3 Å². The SMILES string of the molecule is CCCCCOC(=O)CCC/C=C\C[C@@H]1[C@@H](CC[C@@H](O)CCc2ccccc2)[C@H](O)C[C@@H]1O. The average molecular weight is 461 g/mol. The molecule has 0 aromatic heterocycles. The zero-order valence-corrected chi connectivity index (χ0v) is 20.3. The van der Waals surface area contributed by atoms with E-state index in [0.29, 0.717) is 38.7 Å². The number of allylic oxidation sites excluding steroid dienone is 2. The predicted molar refractivity (Wildman–Crippen MR) is 132 cm³/mol. The summed E-state index contributed by atoms with van der Waals surface area (Å²) in [7, 11) is 0. The topological polar surface area (TPSA) is 87.0 Å². The number of aliphatic hydroxyl groups excluding tert-OH is 3. The first kappa shape index (κ1) is 27.6. The Balaban J connectivity index is 1.65. The number of aryl methyl sites for hydroxylation is 1. The fourth-order valence-corrected chi connectivity index (χ4v) is 4.76. The molecule has 1 aromatic carbocycles. The molecule has 1 aromatic rings. The number of hydrogen-bond acceptors (Lipinski definition) is 5. The number of benzene rings is 1. The zero-order valence-electron chi connectivity index (χ0n) is 20.3. The highest BCUT2D eigenvalue weighted by atomic mass is 16.5. The molecular weight excluding hydrogens is 416 g/mol. The van der Waals surface area contributed by atoms with Crippen LogP contribution in [0.3, 0.4) is 0 Å². The van der Waals surface area contributed by atoms with Gasteiger partial charge >= 0.3 is 5.97 Å². The summed E-state index contributed by atoms with van der Waals surface area (Å²) in [5.74, 6) is -0.102. The van der Waals surface area contributed by atoms with Crippen LogP contribution < -0.4 is 0 Å². The maximum absolute atomic E-state index is 11.7. The molecule has 0 aliphatic heterocycles. The molecular formula is C28H44O5. The van der Waals surface area contributed by atoms with E-state index in [0.717, 1.165) is 44.9 Å². The second kappa shape index (κ2) is 16.0. The van der Waals surface area contributed by atoms with E-state index in [1.165, 1.54) is 5.56 Å². The first-order chi connectivity index (χ1) is 16.0. The van der Waals surface area contributed by atoms with Crippen LogP contribution in [0.1, 0.15) is 83.1 Å². The molecule has 5 atom stereocenters. The van der Waals surface area contributed by atoms with E-state index in [2.05, 4.69) is 31.2 Å². The third-order valence-electron chi connectivity index (χ3n) is 6.80. The summed E-state index contributed by atoms with van der Waals surface area (Å²) in [6.45, 7) is 2.64. The first-order valence-electron chi connectivity index (χ1n) is 12.9. The lowest BCUT2D eigenvalue weighted by Gasteiger charge is -2.23. The Labute approximate surface area is 199 Å². The van der Waals surface area contributed by atoms with E-state index in [1.807, 2.05) is 18.2 Å². The van der Waals surface area contributed by atoms with Crippen molar-refractivity contribution in [3.05, 3.63) is 48.0 Å². The zero-order chi connectivity index (χ0) is 23.9. The molecule has 0 radical (unpaired) electrons. The van der Waals surface area contributed by atoms with Crippen LogP contribution >= 0.6 is 0 Å². The minimum Gasteiger partial charge on any atom is -0.466 e. The fourth-order valence-electron chi connectivity index (χ4n) is 4.76. The summed E-state index contributed by atoms with van der Waals surface area (Å²) in [5, 5.41) is 31.3. The van der Waals surface area contributed by atoms with Crippen LogP contribution in [0.15, 0.2) is 42.5 Å². The Kier molecular flexibility index (Phi) is 13.4. The lowest BCUT2D eigenvalue weighted by Crippen LogP contribution is -2.23. The summed E-state index contributed by atoms with van der Waals surface area (Å²) in [6.07, 6.45) is 11.9. The molecule has 1 fully saturated rings. The fraction of sp³-hybridized carbons (Fsp3) is 0.679. The highest BCUT2D eigenvalue weighted by Crippen LogP contribution is 2.38. The molecule has 1 aliphatic carbocycles. The smallest absolute Gasteiger partial charge is 0.305 e. The van der Waals surface area contributed by atoms with Crippen molar-refractivity contribution < 1.29 is 24.9 Å². The van der Waals surface area contributed by atoms with Gasteiger partial charge in [0.05, 0.1) is 24.9 Å². The molecule has 5 heteroatoms. The van der Waals surface area contributed by atoms with Crippen molar-refractivity contribution in [2.75, 3.05) is 6.61 Å². The number of esters is 1. The molecule has 1 aliphatic rings. The lowest BCUT2D eigenvalue weighted by atomic mass is 9.85. The second-order valence-electron chi connectivity index (χ2n) is 9.48. The molecule has 2 rings (SSSR count).